The van der Waals surface area contributed by atoms with E-state index < -0.39 is 16.1 Å². The summed E-state index contributed by atoms with van der Waals surface area (Å²) in [5.74, 6) is 0. The van der Waals surface area contributed by atoms with E-state index in [2.05, 4.69) is 15.0 Å². The molecule has 1 atom stereocenters. The molecule has 0 spiro atoms. The summed E-state index contributed by atoms with van der Waals surface area (Å²) in [5.41, 5.74) is 1.26. The van der Waals surface area contributed by atoms with Gasteiger partial charge in [0.25, 0.3) is 0 Å². The molecule has 0 aliphatic heterocycles. The standard InChI is InChI=1S/C19H20ClN3O3S/c20-16-8-9-18(15-7-4-10-22-19(15)16)27(25,26)23-12-11-21-13-17(24)14-5-2-1-3-6-14/h1-10,17,21,23-24H,11-13H2. The van der Waals surface area contributed by atoms with Gasteiger partial charge in [-0.2, -0.15) is 0 Å². The molecule has 0 bridgehead atoms. The van der Waals surface area contributed by atoms with Gasteiger partial charge in [0.05, 0.1) is 21.5 Å². The Morgan fingerprint density at radius 3 is 2.59 bits per heavy atom. The Hall–Kier alpha value is -2.03. The molecular weight excluding hydrogens is 386 g/mol. The molecule has 1 aromatic heterocycles. The Morgan fingerprint density at radius 1 is 1.04 bits per heavy atom. The maximum atomic E-state index is 12.6. The quantitative estimate of drug-likeness (QED) is 0.501. The van der Waals surface area contributed by atoms with E-state index >= 15 is 0 Å². The van der Waals surface area contributed by atoms with Gasteiger partial charge in [0.2, 0.25) is 10.0 Å². The van der Waals surface area contributed by atoms with E-state index in [1.54, 1.807) is 18.3 Å². The molecule has 0 amide bonds. The summed E-state index contributed by atoms with van der Waals surface area (Å²) < 4.78 is 27.8. The normalized spacial score (nSPS) is 13.0. The lowest BCUT2D eigenvalue weighted by Crippen LogP contribution is -2.33. The Balaban J connectivity index is 1.58. The molecule has 3 N–H and O–H groups in total. The average molecular weight is 406 g/mol. The summed E-state index contributed by atoms with van der Waals surface area (Å²) in [6.45, 7) is 0.903. The second-order valence-electron chi connectivity index (χ2n) is 5.97. The highest BCUT2D eigenvalue weighted by atomic mass is 35.5. The molecule has 8 heteroatoms. The van der Waals surface area contributed by atoms with E-state index in [4.69, 9.17) is 11.6 Å². The first-order chi connectivity index (χ1) is 13.0. The van der Waals surface area contributed by atoms with Crippen LogP contribution in [0.1, 0.15) is 11.7 Å². The van der Waals surface area contributed by atoms with Gasteiger partial charge in [0, 0.05) is 31.2 Å². The molecule has 0 aliphatic rings. The minimum atomic E-state index is -3.71. The number of halogens is 1. The van der Waals surface area contributed by atoms with Crippen LogP contribution in [0.5, 0.6) is 0 Å². The highest BCUT2D eigenvalue weighted by molar-refractivity contribution is 7.89. The molecule has 0 saturated heterocycles. The summed E-state index contributed by atoms with van der Waals surface area (Å²) in [6.07, 6.45) is 0.925. The van der Waals surface area contributed by atoms with E-state index in [0.29, 0.717) is 29.0 Å². The number of aliphatic hydroxyl groups excluding tert-OH is 1. The van der Waals surface area contributed by atoms with Gasteiger partial charge in [-0.3, -0.25) is 4.98 Å². The number of nitrogens with one attached hydrogen (secondary N) is 2. The largest absolute Gasteiger partial charge is 0.387 e. The van der Waals surface area contributed by atoms with Crippen molar-refractivity contribution < 1.29 is 13.5 Å². The molecule has 2 aromatic carbocycles. The second-order valence-corrected chi connectivity index (χ2v) is 8.12. The van der Waals surface area contributed by atoms with Crippen LogP contribution >= 0.6 is 11.6 Å². The second kappa shape index (κ2) is 8.77. The summed E-state index contributed by atoms with van der Waals surface area (Å²) in [6, 6.07) is 15.6. The van der Waals surface area contributed by atoms with Crippen molar-refractivity contribution in [2.45, 2.75) is 11.0 Å². The van der Waals surface area contributed by atoms with E-state index in [1.165, 1.54) is 12.1 Å². The highest BCUT2D eigenvalue weighted by Gasteiger charge is 2.18. The Kier molecular flexibility index (Phi) is 6.41. The fraction of sp³-hybridized carbons (Fsp3) is 0.211. The van der Waals surface area contributed by atoms with E-state index in [-0.39, 0.29) is 11.4 Å². The van der Waals surface area contributed by atoms with E-state index in [1.807, 2.05) is 30.3 Å². The van der Waals surface area contributed by atoms with Crippen molar-refractivity contribution in [1.29, 1.82) is 0 Å². The van der Waals surface area contributed by atoms with Crippen LogP contribution in [0.3, 0.4) is 0 Å². The summed E-state index contributed by atoms with van der Waals surface area (Å²) in [5, 5.41) is 14.0. The Morgan fingerprint density at radius 2 is 1.81 bits per heavy atom. The van der Waals surface area contributed by atoms with Crippen molar-refractivity contribution in [3.8, 4) is 0 Å². The van der Waals surface area contributed by atoms with Crippen LogP contribution in [-0.4, -0.2) is 38.1 Å². The Labute approximate surface area is 163 Å². The van der Waals surface area contributed by atoms with Crippen LogP contribution in [0.4, 0.5) is 0 Å². The number of benzene rings is 2. The molecule has 3 aromatic rings. The number of fused-ring (bicyclic) bond motifs is 1. The number of hydrogen-bond acceptors (Lipinski definition) is 5. The first-order valence-corrected chi connectivity index (χ1v) is 10.3. The van der Waals surface area contributed by atoms with Gasteiger partial charge in [-0.15, -0.1) is 0 Å². The first-order valence-electron chi connectivity index (χ1n) is 8.45. The SMILES string of the molecule is O=S(=O)(NCCNCC(O)c1ccccc1)c1ccc(Cl)c2ncccc12. The van der Waals surface area contributed by atoms with Crippen molar-refractivity contribution in [1.82, 2.24) is 15.0 Å². The summed E-state index contributed by atoms with van der Waals surface area (Å²) in [7, 11) is -3.71. The third-order valence-electron chi connectivity index (χ3n) is 4.09. The van der Waals surface area contributed by atoms with Crippen LogP contribution in [0.25, 0.3) is 10.9 Å². The minimum absolute atomic E-state index is 0.138. The maximum absolute atomic E-state index is 12.6. The fourth-order valence-electron chi connectivity index (χ4n) is 2.73. The monoisotopic (exact) mass is 405 g/mol. The van der Waals surface area contributed by atoms with Gasteiger partial charge >= 0.3 is 0 Å². The third-order valence-corrected chi connectivity index (χ3v) is 5.91. The number of sulfonamides is 1. The number of nitrogens with zero attached hydrogens (tertiary/aromatic N) is 1. The van der Waals surface area contributed by atoms with Gasteiger partial charge in [0.1, 0.15) is 0 Å². The molecule has 6 nitrogen and oxygen atoms in total. The average Bonchev–Trinajstić information content (AvgIpc) is 2.68. The molecule has 0 aliphatic carbocycles. The van der Waals surface area contributed by atoms with Gasteiger partial charge in [-0.05, 0) is 29.8 Å². The lowest BCUT2D eigenvalue weighted by Gasteiger charge is -2.13. The molecule has 0 saturated carbocycles. The molecule has 0 radical (unpaired) electrons. The van der Waals surface area contributed by atoms with E-state index in [0.717, 1.165) is 5.56 Å². The zero-order valence-corrected chi connectivity index (χ0v) is 16.0. The fourth-order valence-corrected chi connectivity index (χ4v) is 4.17. The Bertz CT molecular complexity index is 1010. The first kappa shape index (κ1) is 19.7. The predicted molar refractivity (Wildman–Crippen MR) is 106 cm³/mol. The van der Waals surface area contributed by atoms with Crippen molar-refractivity contribution in [3.05, 3.63) is 71.4 Å². The van der Waals surface area contributed by atoms with Crippen LogP contribution < -0.4 is 10.0 Å². The van der Waals surface area contributed by atoms with Crippen LogP contribution in [0.2, 0.25) is 5.02 Å². The zero-order chi connectivity index (χ0) is 19.3. The maximum Gasteiger partial charge on any atom is 0.241 e. The molecular formula is C19H20ClN3O3S. The van der Waals surface area contributed by atoms with Crippen molar-refractivity contribution in [2.75, 3.05) is 19.6 Å². The number of rotatable bonds is 8. The zero-order valence-electron chi connectivity index (χ0n) is 14.5. The van der Waals surface area contributed by atoms with Crippen molar-refractivity contribution in [2.24, 2.45) is 0 Å². The number of pyridine rings is 1. The predicted octanol–water partition coefficient (Wildman–Crippen LogP) is 2.49. The molecule has 3 rings (SSSR count). The highest BCUT2D eigenvalue weighted by Crippen LogP contribution is 2.27. The molecule has 142 valence electrons. The number of aliphatic hydroxyl groups is 1. The van der Waals surface area contributed by atoms with Gasteiger partial charge < -0.3 is 10.4 Å². The number of hydrogen-bond donors (Lipinski definition) is 3. The van der Waals surface area contributed by atoms with Gasteiger partial charge in [-0.1, -0.05) is 41.9 Å². The lowest BCUT2D eigenvalue weighted by molar-refractivity contribution is 0.175. The van der Waals surface area contributed by atoms with Gasteiger partial charge in [0.15, 0.2) is 0 Å². The summed E-state index contributed by atoms with van der Waals surface area (Å²) in [4.78, 5) is 4.29. The van der Waals surface area contributed by atoms with Crippen LogP contribution in [-0.2, 0) is 10.0 Å². The summed E-state index contributed by atoms with van der Waals surface area (Å²) >= 11 is 6.09. The van der Waals surface area contributed by atoms with E-state index in [9.17, 15) is 13.5 Å². The molecule has 1 heterocycles. The lowest BCUT2D eigenvalue weighted by atomic mass is 10.1. The van der Waals surface area contributed by atoms with Gasteiger partial charge in [-0.25, -0.2) is 13.1 Å². The third kappa shape index (κ3) is 4.82. The van der Waals surface area contributed by atoms with Crippen LogP contribution in [0, 0.1) is 0 Å². The van der Waals surface area contributed by atoms with Crippen molar-refractivity contribution in [3.63, 3.8) is 0 Å². The van der Waals surface area contributed by atoms with Crippen molar-refractivity contribution >= 4 is 32.5 Å². The molecule has 27 heavy (non-hydrogen) atoms. The topological polar surface area (TPSA) is 91.3 Å². The smallest absolute Gasteiger partial charge is 0.241 e. The number of aromatic nitrogens is 1. The molecule has 1 unspecified atom stereocenters. The minimum Gasteiger partial charge on any atom is -0.387 e. The van der Waals surface area contributed by atoms with Crippen LogP contribution in [0.15, 0.2) is 65.7 Å². The molecule has 0 fully saturated rings.